The van der Waals surface area contributed by atoms with Gasteiger partial charge in [-0.15, -0.1) is 0 Å². The molecular weight excluding hydrogens is 148 g/mol. The van der Waals surface area contributed by atoms with Gasteiger partial charge in [0.15, 0.2) is 0 Å². The van der Waals surface area contributed by atoms with Gasteiger partial charge in [-0.25, -0.2) is 0 Å². The van der Waals surface area contributed by atoms with E-state index in [1.165, 1.54) is 5.57 Å². The molecule has 1 unspecified atom stereocenters. The molecular formula is C11H16O. The molecule has 0 aromatic rings. The topological polar surface area (TPSA) is 9.23 Å². The van der Waals surface area contributed by atoms with E-state index in [4.69, 9.17) is 4.74 Å². The molecule has 0 aromatic heterocycles. The Bertz CT molecular complexity index is 235. The van der Waals surface area contributed by atoms with Crippen LogP contribution in [0.3, 0.4) is 0 Å². The largest absolute Gasteiger partial charge is 0.370 e. The monoisotopic (exact) mass is 164 g/mol. The Labute approximate surface area is 74.4 Å². The van der Waals surface area contributed by atoms with Crippen molar-refractivity contribution >= 4 is 0 Å². The van der Waals surface area contributed by atoms with E-state index < -0.39 is 0 Å². The van der Waals surface area contributed by atoms with Crippen LogP contribution in [-0.2, 0) is 4.74 Å². The van der Waals surface area contributed by atoms with E-state index in [0.29, 0.717) is 0 Å². The van der Waals surface area contributed by atoms with E-state index in [-0.39, 0.29) is 5.60 Å². The summed E-state index contributed by atoms with van der Waals surface area (Å²) >= 11 is 0. The zero-order valence-corrected chi connectivity index (χ0v) is 8.00. The third kappa shape index (κ3) is 2.08. The maximum atomic E-state index is 5.39. The van der Waals surface area contributed by atoms with Gasteiger partial charge in [0.05, 0.1) is 0 Å². The van der Waals surface area contributed by atoms with Gasteiger partial charge >= 0.3 is 0 Å². The van der Waals surface area contributed by atoms with Crippen LogP contribution >= 0.6 is 0 Å². The molecule has 0 spiro atoms. The Morgan fingerprint density at radius 3 is 2.75 bits per heavy atom. The molecule has 0 heterocycles. The molecule has 1 aliphatic carbocycles. The van der Waals surface area contributed by atoms with Crippen molar-refractivity contribution in [1.82, 2.24) is 0 Å². The molecule has 0 amide bonds. The lowest BCUT2D eigenvalue weighted by molar-refractivity contribution is 0.0902. The first-order chi connectivity index (χ1) is 5.70. The Hall–Kier alpha value is -0.820. The first-order valence-electron chi connectivity index (χ1n) is 4.33. The van der Waals surface area contributed by atoms with Crippen LogP contribution in [0.4, 0.5) is 0 Å². The first kappa shape index (κ1) is 9.27. The van der Waals surface area contributed by atoms with Crippen molar-refractivity contribution in [2.24, 2.45) is 0 Å². The molecule has 0 N–H and O–H groups in total. The molecule has 66 valence electrons. The molecule has 12 heavy (non-hydrogen) atoms. The Morgan fingerprint density at radius 2 is 2.17 bits per heavy atom. The minimum absolute atomic E-state index is 0.227. The van der Waals surface area contributed by atoms with Gasteiger partial charge in [-0.2, -0.15) is 0 Å². The second-order valence-electron chi connectivity index (χ2n) is 3.18. The van der Waals surface area contributed by atoms with E-state index in [1.807, 2.05) is 6.08 Å². The van der Waals surface area contributed by atoms with E-state index in [9.17, 15) is 0 Å². The van der Waals surface area contributed by atoms with Gasteiger partial charge in [-0.1, -0.05) is 25.2 Å². The van der Waals surface area contributed by atoms with Crippen LogP contribution in [0, 0.1) is 0 Å². The molecule has 0 radical (unpaired) electrons. The highest BCUT2D eigenvalue weighted by Crippen LogP contribution is 2.20. The van der Waals surface area contributed by atoms with Gasteiger partial charge in [0.1, 0.15) is 5.60 Å². The average molecular weight is 164 g/mol. The summed E-state index contributed by atoms with van der Waals surface area (Å²) in [5, 5.41) is 0. The third-order valence-corrected chi connectivity index (χ3v) is 2.17. The van der Waals surface area contributed by atoms with E-state index in [1.54, 1.807) is 7.11 Å². The fourth-order valence-corrected chi connectivity index (χ4v) is 1.24. The summed E-state index contributed by atoms with van der Waals surface area (Å²) in [6, 6.07) is 0. The first-order valence-corrected chi connectivity index (χ1v) is 4.33. The summed E-state index contributed by atoms with van der Waals surface area (Å²) in [7, 11) is 1.74. The minimum Gasteiger partial charge on any atom is -0.370 e. The molecule has 0 saturated carbocycles. The molecule has 0 bridgehead atoms. The van der Waals surface area contributed by atoms with Crippen molar-refractivity contribution in [3.05, 3.63) is 36.0 Å². The number of rotatable bonds is 2. The maximum Gasteiger partial charge on any atom is 0.102 e. The van der Waals surface area contributed by atoms with Crippen molar-refractivity contribution in [3.8, 4) is 0 Å². The van der Waals surface area contributed by atoms with E-state index in [2.05, 4.69) is 38.2 Å². The van der Waals surface area contributed by atoms with Crippen LogP contribution in [-0.4, -0.2) is 12.7 Å². The highest BCUT2D eigenvalue weighted by atomic mass is 16.5. The normalized spacial score (nSPS) is 28.4. The highest BCUT2D eigenvalue weighted by Gasteiger charge is 2.17. The zero-order valence-electron chi connectivity index (χ0n) is 8.00. The third-order valence-electron chi connectivity index (χ3n) is 2.17. The van der Waals surface area contributed by atoms with E-state index in [0.717, 1.165) is 6.42 Å². The molecule has 0 aromatic carbocycles. The summed E-state index contributed by atoms with van der Waals surface area (Å²) in [5.74, 6) is 0. The number of hydrogen-bond donors (Lipinski definition) is 0. The quantitative estimate of drug-likeness (QED) is 0.609. The van der Waals surface area contributed by atoms with Gasteiger partial charge < -0.3 is 4.74 Å². The van der Waals surface area contributed by atoms with Crippen LogP contribution in [0.1, 0.15) is 20.3 Å². The smallest absolute Gasteiger partial charge is 0.102 e. The van der Waals surface area contributed by atoms with E-state index >= 15 is 0 Å². The van der Waals surface area contributed by atoms with Gasteiger partial charge in [0.25, 0.3) is 0 Å². The van der Waals surface area contributed by atoms with Gasteiger partial charge in [0.2, 0.25) is 0 Å². The van der Waals surface area contributed by atoms with Crippen molar-refractivity contribution in [2.75, 3.05) is 7.11 Å². The molecule has 1 nitrogen and oxygen atoms in total. The second kappa shape index (κ2) is 3.72. The summed E-state index contributed by atoms with van der Waals surface area (Å²) in [6.45, 7) is 4.21. The molecule has 0 fully saturated rings. The standard InChI is InChI=1S/C11H16O/c1-4-10-7-5-6-8-11(2,9-10)12-3/h5-9H,4H2,1-3H3. The van der Waals surface area contributed by atoms with Gasteiger partial charge in [-0.3, -0.25) is 0 Å². The Balaban J connectivity index is 2.92. The number of methoxy groups -OCH3 is 1. The van der Waals surface area contributed by atoms with Crippen LogP contribution in [0.2, 0.25) is 0 Å². The lowest BCUT2D eigenvalue weighted by Crippen LogP contribution is -2.21. The fourth-order valence-electron chi connectivity index (χ4n) is 1.24. The minimum atomic E-state index is -0.227. The lowest BCUT2D eigenvalue weighted by atomic mass is 10.0. The lowest BCUT2D eigenvalue weighted by Gasteiger charge is -2.20. The van der Waals surface area contributed by atoms with Crippen molar-refractivity contribution < 1.29 is 4.74 Å². The number of ether oxygens (including phenoxy) is 1. The Morgan fingerprint density at radius 1 is 1.42 bits per heavy atom. The summed E-state index contributed by atoms with van der Waals surface area (Å²) in [5.41, 5.74) is 1.10. The van der Waals surface area contributed by atoms with Crippen molar-refractivity contribution in [2.45, 2.75) is 25.9 Å². The molecule has 1 aliphatic rings. The van der Waals surface area contributed by atoms with Crippen LogP contribution in [0.5, 0.6) is 0 Å². The van der Waals surface area contributed by atoms with Crippen LogP contribution < -0.4 is 0 Å². The predicted molar refractivity (Wildman–Crippen MR) is 52.1 cm³/mol. The summed E-state index contributed by atoms with van der Waals surface area (Å²) < 4.78 is 5.39. The number of hydrogen-bond acceptors (Lipinski definition) is 1. The molecule has 1 atom stereocenters. The fraction of sp³-hybridized carbons (Fsp3) is 0.455. The SMILES string of the molecule is CCC1=CC(C)(OC)C=CC=C1. The Kier molecular flexibility index (Phi) is 2.88. The van der Waals surface area contributed by atoms with Crippen molar-refractivity contribution in [3.63, 3.8) is 0 Å². The van der Waals surface area contributed by atoms with Crippen LogP contribution in [0.15, 0.2) is 36.0 Å². The van der Waals surface area contributed by atoms with Crippen LogP contribution in [0.25, 0.3) is 0 Å². The predicted octanol–water partition coefficient (Wildman–Crippen LogP) is 2.85. The summed E-state index contributed by atoms with van der Waals surface area (Å²) in [6.07, 6.45) is 11.5. The summed E-state index contributed by atoms with van der Waals surface area (Å²) in [4.78, 5) is 0. The van der Waals surface area contributed by atoms with Gasteiger partial charge in [0, 0.05) is 7.11 Å². The highest BCUT2D eigenvalue weighted by molar-refractivity contribution is 5.32. The molecule has 0 aliphatic heterocycles. The maximum absolute atomic E-state index is 5.39. The van der Waals surface area contributed by atoms with Crippen molar-refractivity contribution in [1.29, 1.82) is 0 Å². The second-order valence-corrected chi connectivity index (χ2v) is 3.18. The molecule has 0 saturated heterocycles. The zero-order chi connectivity index (χ0) is 9.03. The average Bonchev–Trinajstić information content (AvgIpc) is 2.28. The molecule has 1 rings (SSSR count). The number of allylic oxidation sites excluding steroid dienone is 4. The van der Waals surface area contributed by atoms with Gasteiger partial charge in [-0.05, 0) is 31.1 Å². The molecule has 1 heteroatoms.